The minimum Gasteiger partial charge on any atom is -0.462 e. The van der Waals surface area contributed by atoms with Crippen molar-refractivity contribution in [2.45, 2.75) is 16.8 Å². The van der Waals surface area contributed by atoms with Crippen LogP contribution in [-0.4, -0.2) is 17.6 Å². The first-order chi connectivity index (χ1) is 9.61. The van der Waals surface area contributed by atoms with Crippen LogP contribution in [-0.2, 0) is 4.74 Å². The smallest absolute Gasteiger partial charge is 0.339 e. The van der Waals surface area contributed by atoms with Crippen LogP contribution in [0.3, 0.4) is 0 Å². The van der Waals surface area contributed by atoms with Crippen LogP contribution in [0.5, 0.6) is 0 Å². The summed E-state index contributed by atoms with van der Waals surface area (Å²) < 4.78 is 5.94. The second kappa shape index (κ2) is 6.76. The molecule has 0 aliphatic carbocycles. The van der Waals surface area contributed by atoms with Crippen molar-refractivity contribution < 1.29 is 9.53 Å². The van der Waals surface area contributed by atoms with E-state index in [9.17, 15) is 4.79 Å². The lowest BCUT2D eigenvalue weighted by atomic mass is 10.2. The fourth-order valence-electron chi connectivity index (χ4n) is 1.57. The van der Waals surface area contributed by atoms with E-state index in [0.29, 0.717) is 22.8 Å². The summed E-state index contributed by atoms with van der Waals surface area (Å²) in [5, 5.41) is 0.761. The van der Waals surface area contributed by atoms with Gasteiger partial charge in [0.15, 0.2) is 0 Å². The van der Waals surface area contributed by atoms with Gasteiger partial charge < -0.3 is 10.5 Å². The number of hydrogen-bond donors (Lipinski definition) is 1. The van der Waals surface area contributed by atoms with E-state index in [1.165, 1.54) is 11.8 Å². The summed E-state index contributed by atoms with van der Waals surface area (Å²) in [4.78, 5) is 16.9. The van der Waals surface area contributed by atoms with E-state index >= 15 is 0 Å². The van der Waals surface area contributed by atoms with Crippen molar-refractivity contribution in [3.63, 3.8) is 0 Å². The quantitative estimate of drug-likeness (QED) is 0.670. The molecule has 104 valence electrons. The number of benzene rings is 1. The summed E-state index contributed by atoms with van der Waals surface area (Å²) in [7, 11) is 0. The van der Waals surface area contributed by atoms with Gasteiger partial charge in [-0.15, -0.1) is 0 Å². The largest absolute Gasteiger partial charge is 0.462 e. The molecule has 0 unspecified atom stereocenters. The van der Waals surface area contributed by atoms with E-state index in [2.05, 4.69) is 20.9 Å². The summed E-state index contributed by atoms with van der Waals surface area (Å²) in [5.41, 5.74) is 6.96. The van der Waals surface area contributed by atoms with Crippen molar-refractivity contribution in [2.75, 3.05) is 12.3 Å². The molecule has 0 spiro atoms. The molecule has 0 bridgehead atoms. The Labute approximate surface area is 129 Å². The van der Waals surface area contributed by atoms with Crippen LogP contribution in [0.25, 0.3) is 0 Å². The van der Waals surface area contributed by atoms with Crippen molar-refractivity contribution in [2.24, 2.45) is 0 Å². The molecule has 1 aromatic heterocycles. The molecule has 0 aliphatic rings. The number of anilines is 1. The third-order valence-corrected chi connectivity index (χ3v) is 4.03. The highest BCUT2D eigenvalue weighted by Crippen LogP contribution is 2.34. The second-order valence-corrected chi connectivity index (χ2v) is 5.81. The Morgan fingerprint density at radius 2 is 2.20 bits per heavy atom. The lowest BCUT2D eigenvalue weighted by molar-refractivity contribution is 0.0522. The maximum absolute atomic E-state index is 11.9. The highest BCUT2D eigenvalue weighted by atomic mass is 79.9. The summed E-state index contributed by atoms with van der Waals surface area (Å²) in [6.07, 6.45) is 1.70. The predicted molar refractivity (Wildman–Crippen MR) is 82.9 cm³/mol. The number of aromatic nitrogens is 1. The third-order valence-electron chi connectivity index (χ3n) is 2.45. The Bertz CT molecular complexity index is 617. The molecule has 6 heteroatoms. The summed E-state index contributed by atoms with van der Waals surface area (Å²) in [6.45, 7) is 2.10. The minimum atomic E-state index is -0.376. The molecule has 2 N–H and O–H groups in total. The lowest BCUT2D eigenvalue weighted by Crippen LogP contribution is -2.07. The highest BCUT2D eigenvalue weighted by Gasteiger charge is 2.16. The minimum absolute atomic E-state index is 0.328. The number of carbonyl (C=O) groups excluding carboxylic acids is 1. The van der Waals surface area contributed by atoms with Gasteiger partial charge in [-0.1, -0.05) is 17.8 Å². The molecular formula is C14H13BrN2O2S. The van der Waals surface area contributed by atoms with E-state index in [-0.39, 0.29) is 5.97 Å². The van der Waals surface area contributed by atoms with E-state index < -0.39 is 0 Å². The maximum atomic E-state index is 11.9. The molecule has 0 saturated heterocycles. The standard InChI is InChI=1S/C14H13BrN2O2S/c1-2-19-14(18)10-4-3-5-11(16)13(10)20-12-7-6-9(15)8-17-12/h3-8H,2,16H2,1H3. The molecule has 1 heterocycles. The average molecular weight is 353 g/mol. The van der Waals surface area contributed by atoms with Crippen LogP contribution in [0.2, 0.25) is 0 Å². The molecule has 0 saturated carbocycles. The predicted octanol–water partition coefficient (Wildman–Crippen LogP) is 3.75. The van der Waals surface area contributed by atoms with Gasteiger partial charge >= 0.3 is 5.97 Å². The zero-order valence-corrected chi connectivity index (χ0v) is 13.2. The van der Waals surface area contributed by atoms with Gasteiger partial charge in [0.2, 0.25) is 0 Å². The lowest BCUT2D eigenvalue weighted by Gasteiger charge is -2.10. The molecule has 0 fully saturated rings. The van der Waals surface area contributed by atoms with Crippen molar-refractivity contribution in [1.82, 2.24) is 4.98 Å². The van der Waals surface area contributed by atoms with E-state index in [1.54, 1.807) is 31.3 Å². The summed E-state index contributed by atoms with van der Waals surface area (Å²) in [5.74, 6) is -0.376. The SMILES string of the molecule is CCOC(=O)c1cccc(N)c1Sc1ccc(Br)cn1. The van der Waals surface area contributed by atoms with Gasteiger partial charge in [0.05, 0.1) is 17.1 Å². The van der Waals surface area contributed by atoms with E-state index in [4.69, 9.17) is 10.5 Å². The van der Waals surface area contributed by atoms with Crippen molar-refractivity contribution in [3.05, 3.63) is 46.6 Å². The van der Waals surface area contributed by atoms with Crippen molar-refractivity contribution in [1.29, 1.82) is 0 Å². The van der Waals surface area contributed by atoms with Gasteiger partial charge in [0.1, 0.15) is 5.03 Å². The molecule has 0 amide bonds. The number of nitrogens with zero attached hydrogens (tertiary/aromatic N) is 1. The summed E-state index contributed by atoms with van der Waals surface area (Å²) >= 11 is 4.68. The molecule has 0 radical (unpaired) electrons. The molecule has 20 heavy (non-hydrogen) atoms. The van der Waals surface area contributed by atoms with Crippen LogP contribution in [0.4, 0.5) is 5.69 Å². The topological polar surface area (TPSA) is 65.2 Å². The molecule has 2 rings (SSSR count). The average Bonchev–Trinajstić information content (AvgIpc) is 2.43. The van der Waals surface area contributed by atoms with E-state index in [1.807, 2.05) is 12.1 Å². The molecule has 0 atom stereocenters. The number of nitrogens with two attached hydrogens (primary N) is 1. The van der Waals surface area contributed by atoms with Crippen molar-refractivity contribution >= 4 is 39.3 Å². The normalized spacial score (nSPS) is 10.3. The van der Waals surface area contributed by atoms with Gasteiger partial charge in [-0.3, -0.25) is 0 Å². The van der Waals surface area contributed by atoms with Crippen LogP contribution in [0.15, 0.2) is 50.9 Å². The number of ether oxygens (including phenoxy) is 1. The molecule has 1 aromatic carbocycles. The van der Waals surface area contributed by atoms with Crippen LogP contribution in [0, 0.1) is 0 Å². The number of hydrogen-bond acceptors (Lipinski definition) is 5. The van der Waals surface area contributed by atoms with Gasteiger partial charge in [-0.25, -0.2) is 9.78 Å². The zero-order valence-electron chi connectivity index (χ0n) is 10.8. The fourth-order valence-corrected chi connectivity index (χ4v) is 2.70. The molecular weight excluding hydrogens is 340 g/mol. The Morgan fingerprint density at radius 3 is 2.85 bits per heavy atom. The zero-order chi connectivity index (χ0) is 14.5. The first-order valence-corrected chi connectivity index (χ1v) is 7.57. The Kier molecular flexibility index (Phi) is 5.03. The number of esters is 1. The number of nitrogen functional groups attached to an aromatic ring is 1. The maximum Gasteiger partial charge on any atom is 0.339 e. The number of halogens is 1. The number of rotatable bonds is 4. The van der Waals surface area contributed by atoms with Gasteiger partial charge in [0.25, 0.3) is 0 Å². The summed E-state index contributed by atoms with van der Waals surface area (Å²) in [6, 6.07) is 8.94. The van der Waals surface area contributed by atoms with Gasteiger partial charge in [-0.05, 0) is 47.1 Å². The van der Waals surface area contributed by atoms with Crippen LogP contribution in [0.1, 0.15) is 17.3 Å². The molecule has 0 aliphatic heterocycles. The molecule has 2 aromatic rings. The fraction of sp³-hybridized carbons (Fsp3) is 0.143. The number of pyridine rings is 1. The molecule has 4 nitrogen and oxygen atoms in total. The van der Waals surface area contributed by atoms with Gasteiger partial charge in [-0.2, -0.15) is 0 Å². The number of carbonyl (C=O) groups is 1. The van der Waals surface area contributed by atoms with Gasteiger partial charge in [0, 0.05) is 16.4 Å². The Balaban J connectivity index is 2.34. The Hall–Kier alpha value is -1.53. The van der Waals surface area contributed by atoms with Crippen LogP contribution >= 0.6 is 27.7 Å². The van der Waals surface area contributed by atoms with Crippen LogP contribution < -0.4 is 5.73 Å². The first-order valence-electron chi connectivity index (χ1n) is 5.97. The first kappa shape index (κ1) is 14.9. The second-order valence-electron chi connectivity index (χ2n) is 3.86. The van der Waals surface area contributed by atoms with Crippen molar-refractivity contribution in [3.8, 4) is 0 Å². The Morgan fingerprint density at radius 1 is 1.40 bits per heavy atom. The van der Waals surface area contributed by atoms with E-state index in [0.717, 1.165) is 9.50 Å². The highest BCUT2D eigenvalue weighted by molar-refractivity contribution is 9.10. The monoisotopic (exact) mass is 352 g/mol. The third kappa shape index (κ3) is 3.52.